The number of rotatable bonds is 23. The van der Waals surface area contributed by atoms with E-state index in [9.17, 15) is 38.7 Å². The molecule has 0 amide bonds. The van der Waals surface area contributed by atoms with Gasteiger partial charge in [-0.3, -0.25) is 14.4 Å². The van der Waals surface area contributed by atoms with Gasteiger partial charge in [-0.15, -0.1) is 0 Å². The Morgan fingerprint density at radius 1 is 0.419 bits per heavy atom. The van der Waals surface area contributed by atoms with E-state index in [1.807, 2.05) is 87.7 Å². The van der Waals surface area contributed by atoms with Crippen LogP contribution in [0, 0.1) is 21.4 Å². The van der Waals surface area contributed by atoms with Crippen LogP contribution in [0.2, 0.25) is 0 Å². The fraction of sp³-hybridized carbons (Fsp3) is 0.409. The van der Waals surface area contributed by atoms with Crippen LogP contribution in [0.3, 0.4) is 0 Å². The van der Waals surface area contributed by atoms with Gasteiger partial charge in [0.05, 0.1) is 55.4 Å². The number of hydrogen-bond acceptors (Lipinski definition) is 21. The van der Waals surface area contributed by atoms with Crippen molar-refractivity contribution in [1.82, 2.24) is 0 Å². The molecule has 0 spiro atoms. The van der Waals surface area contributed by atoms with Crippen LogP contribution in [0.5, 0.6) is 51.7 Å². The highest BCUT2D eigenvalue weighted by Gasteiger charge is 2.30. The summed E-state index contributed by atoms with van der Waals surface area (Å²) in [5, 5.41) is 10.2. The Balaban J connectivity index is -0.000000562. The highest BCUT2D eigenvalue weighted by molar-refractivity contribution is 14.1. The number of esters is 7. The number of aromatic hydroxyl groups is 1. The smallest absolute Gasteiger partial charge is 0.333 e. The SMILES string of the molecule is C.C.C.C.C=C(C)C(=O)OC(C)c1c(OC)cc(OC(C)=O)c(I)c1OC(C)=O.C=C(C)C(=O)OC(C)c1cc(I)c(OC(C)=O)cc1OC.C=C(C)C(=O)OC(C)c1cc(I)c(OC)c(I)c1O.C=C(C)C(=O)OC(C)c1cc(I)c(OC)c(I)c1OC(C)OCC. The average molecular weight is 1980 g/mol. The lowest BCUT2D eigenvalue weighted by Crippen LogP contribution is -2.19. The number of hydrogen-bond donors (Lipinski definition) is 1. The highest BCUT2D eigenvalue weighted by atomic mass is 127. The molecular formula is C66H88I6O21. The number of halogens is 6. The van der Waals surface area contributed by atoms with Crippen molar-refractivity contribution < 1.29 is 100 Å². The third kappa shape index (κ3) is 29.7. The number of phenolic OH excluding ortho intramolecular Hbond substituents is 1. The van der Waals surface area contributed by atoms with E-state index in [4.69, 9.17) is 61.6 Å². The van der Waals surface area contributed by atoms with E-state index in [1.165, 1.54) is 48.0 Å². The summed E-state index contributed by atoms with van der Waals surface area (Å²) in [5.74, 6) is -0.119. The average Bonchev–Trinajstić information content (AvgIpc) is 0.854. The van der Waals surface area contributed by atoms with E-state index >= 15 is 0 Å². The van der Waals surface area contributed by atoms with E-state index in [0.717, 1.165) is 25.6 Å². The van der Waals surface area contributed by atoms with Gasteiger partial charge in [0.15, 0.2) is 17.8 Å². The molecule has 0 radical (unpaired) electrons. The summed E-state index contributed by atoms with van der Waals surface area (Å²) in [6.45, 7) is 35.4. The molecular weight excluding hydrogens is 1890 g/mol. The summed E-state index contributed by atoms with van der Waals surface area (Å²) in [6, 6.07) is 8.47. The molecule has 0 aliphatic carbocycles. The molecule has 27 heteroatoms. The van der Waals surface area contributed by atoms with E-state index in [1.54, 1.807) is 80.9 Å². The van der Waals surface area contributed by atoms with Crippen molar-refractivity contribution in [3.8, 4) is 51.7 Å². The van der Waals surface area contributed by atoms with E-state index in [-0.39, 0.29) is 58.3 Å². The van der Waals surface area contributed by atoms with Crippen molar-refractivity contribution in [3.63, 3.8) is 0 Å². The summed E-state index contributed by atoms with van der Waals surface area (Å²) in [7, 11) is 6.05. The first-order chi connectivity index (χ1) is 41.3. The molecule has 4 aromatic carbocycles. The lowest BCUT2D eigenvalue weighted by atomic mass is 10.1. The Labute approximate surface area is 630 Å². The fourth-order valence-electron chi connectivity index (χ4n) is 6.95. The Morgan fingerprint density at radius 2 is 0.774 bits per heavy atom. The molecule has 4 aromatic rings. The molecule has 0 aromatic heterocycles. The monoisotopic (exact) mass is 1980 g/mol. The number of benzene rings is 4. The first-order valence-corrected chi connectivity index (χ1v) is 32.7. The van der Waals surface area contributed by atoms with Crippen LogP contribution in [0.1, 0.15) is 166 Å². The standard InChI is InChI=1S/C17H22I2O5.C17H19IO7.C15H17IO5.C13H14I2O4.4CH4/c1-7-22-11(5)24-15-12(10(4)23-17(20)9(2)3)8-13(18)16(21-6)14(15)19;1-8(2)17(21)23-9(3)14-12(22-6)7-13(24-10(4)19)15(18)16(14)25-11(5)20;1-8(2)15(18)20-9(3)11-6-12(16)14(21-10(4)17)7-13(11)19-5;1-6(2)13(17)19-7(3)8-5-9(14)12(18-4)10(15)11(8)16;;;;/h8,10-11H,2,7H2,1,3-6H3;7,9H,1H2,2-6H3;6-7,9H,1H2,2-5H3;5,7,16H,1H2,2-4H3;4*1H4. The maximum atomic E-state index is 11.8. The molecule has 0 fully saturated rings. The quantitative estimate of drug-likeness (QED) is 0.0181. The topological polar surface area (TPSA) is 260 Å². The van der Waals surface area contributed by atoms with Crippen molar-refractivity contribution in [3.05, 3.63) is 123 Å². The van der Waals surface area contributed by atoms with Gasteiger partial charge in [-0.1, -0.05) is 56.0 Å². The molecule has 520 valence electrons. The first kappa shape index (κ1) is 94.7. The molecule has 4 rings (SSSR count). The zero-order chi connectivity index (χ0) is 68.6. The number of carbonyl (C=O) groups is 7. The highest BCUT2D eigenvalue weighted by Crippen LogP contribution is 2.46. The predicted octanol–water partition coefficient (Wildman–Crippen LogP) is 17.9. The van der Waals surface area contributed by atoms with Crippen molar-refractivity contribution >= 4 is 177 Å². The summed E-state index contributed by atoms with van der Waals surface area (Å²) >= 11 is 12.4. The van der Waals surface area contributed by atoms with Crippen LogP contribution in [0.25, 0.3) is 0 Å². The fourth-order valence-corrected chi connectivity index (χ4v) is 12.7. The molecule has 5 unspecified atom stereocenters. The Bertz CT molecular complexity index is 3310. The molecule has 0 aliphatic heterocycles. The maximum Gasteiger partial charge on any atom is 0.333 e. The van der Waals surface area contributed by atoms with Gasteiger partial charge >= 0.3 is 41.8 Å². The lowest BCUT2D eigenvalue weighted by molar-refractivity contribution is -0.144. The van der Waals surface area contributed by atoms with Gasteiger partial charge < -0.3 is 66.7 Å². The van der Waals surface area contributed by atoms with Crippen LogP contribution >= 0.6 is 136 Å². The molecule has 21 nitrogen and oxygen atoms in total. The van der Waals surface area contributed by atoms with E-state index < -0.39 is 72.5 Å². The van der Waals surface area contributed by atoms with Crippen LogP contribution < -0.4 is 37.9 Å². The Morgan fingerprint density at radius 3 is 1.16 bits per heavy atom. The minimum atomic E-state index is -0.798. The van der Waals surface area contributed by atoms with Crippen molar-refractivity contribution in [1.29, 1.82) is 0 Å². The second-order valence-corrected chi connectivity index (χ2v) is 25.4. The predicted molar refractivity (Wildman–Crippen MR) is 410 cm³/mol. The molecule has 93 heavy (non-hydrogen) atoms. The number of phenols is 1. The molecule has 5 atom stereocenters. The van der Waals surface area contributed by atoms with Gasteiger partial charge in [-0.25, -0.2) is 19.2 Å². The summed E-state index contributed by atoms with van der Waals surface area (Å²) in [4.78, 5) is 80.6. The zero-order valence-corrected chi connectivity index (χ0v) is 65.1. The second-order valence-electron chi connectivity index (χ2n) is 18.7. The van der Waals surface area contributed by atoms with Crippen molar-refractivity contribution in [2.24, 2.45) is 0 Å². The Kier molecular flexibility index (Phi) is 46.5. The van der Waals surface area contributed by atoms with Crippen LogP contribution in [0.15, 0.2) is 78.9 Å². The van der Waals surface area contributed by atoms with Crippen molar-refractivity contribution in [2.75, 3.05) is 35.0 Å². The van der Waals surface area contributed by atoms with E-state index in [2.05, 4.69) is 94.1 Å². The van der Waals surface area contributed by atoms with Gasteiger partial charge in [-0.2, -0.15) is 0 Å². The lowest BCUT2D eigenvalue weighted by Gasteiger charge is -2.23. The second kappa shape index (κ2) is 45.7. The van der Waals surface area contributed by atoms with Crippen LogP contribution in [-0.4, -0.2) is 88.2 Å². The summed E-state index contributed by atoms with van der Waals surface area (Å²) in [6.07, 6.45) is -2.79. The van der Waals surface area contributed by atoms with Gasteiger partial charge in [0.2, 0.25) is 0 Å². The minimum Gasteiger partial charge on any atom is -0.506 e. The molecule has 1 N–H and O–H groups in total. The van der Waals surface area contributed by atoms with Gasteiger partial charge in [0, 0.05) is 78.5 Å². The zero-order valence-electron chi connectivity index (χ0n) is 52.2. The largest absolute Gasteiger partial charge is 0.506 e. The van der Waals surface area contributed by atoms with Crippen LogP contribution in [0.4, 0.5) is 0 Å². The molecule has 0 saturated heterocycles. The third-order valence-corrected chi connectivity index (χ3v) is 16.6. The number of ether oxygens (including phenoxy) is 13. The molecule has 0 heterocycles. The molecule has 0 bridgehead atoms. The minimum absolute atomic E-state index is 0. The van der Waals surface area contributed by atoms with Gasteiger partial charge in [0.25, 0.3) is 0 Å². The third-order valence-electron chi connectivity index (χ3n) is 11.1. The molecule has 0 saturated carbocycles. The van der Waals surface area contributed by atoms with Gasteiger partial charge in [-0.05, 0) is 223 Å². The van der Waals surface area contributed by atoms with Gasteiger partial charge in [0.1, 0.15) is 64.7 Å². The Hall–Kier alpha value is -4.73. The first-order valence-electron chi connectivity index (χ1n) is 26.2. The maximum absolute atomic E-state index is 11.8. The van der Waals surface area contributed by atoms with Crippen LogP contribution in [-0.2, 0) is 57.2 Å². The van der Waals surface area contributed by atoms with E-state index in [0.29, 0.717) is 70.2 Å². The summed E-state index contributed by atoms with van der Waals surface area (Å²) < 4.78 is 73.7. The number of carbonyl (C=O) groups excluding carboxylic acids is 7. The van der Waals surface area contributed by atoms with Crippen molar-refractivity contribution in [2.45, 2.75) is 150 Å². The normalized spacial score (nSPS) is 11.4. The number of methoxy groups -OCH3 is 4. The molecule has 0 aliphatic rings. The summed E-state index contributed by atoms with van der Waals surface area (Å²) in [5.41, 5.74) is 3.56.